The number of hydrogen-bond donors (Lipinski definition) is 1. The highest BCUT2D eigenvalue weighted by Gasteiger charge is 2.11. The van der Waals surface area contributed by atoms with Crippen LogP contribution in [0.1, 0.15) is 16.1 Å². The van der Waals surface area contributed by atoms with Gasteiger partial charge in [0.1, 0.15) is 5.82 Å². The maximum Gasteiger partial charge on any atom is 0.257 e. The molecule has 19 heavy (non-hydrogen) atoms. The number of carbonyl (C=O) groups excluding carboxylic acids is 1. The highest BCUT2D eigenvalue weighted by Crippen LogP contribution is 2.23. The molecule has 1 N–H and O–H groups in total. The van der Waals surface area contributed by atoms with E-state index in [4.69, 9.17) is 11.6 Å². The molecule has 98 valence electrons. The van der Waals surface area contributed by atoms with Crippen molar-refractivity contribution in [3.05, 3.63) is 55.6 Å². The number of aryl methyl sites for hydroxylation is 1. The number of benzene rings is 1. The van der Waals surface area contributed by atoms with E-state index in [1.54, 1.807) is 24.3 Å². The van der Waals surface area contributed by atoms with Crippen molar-refractivity contribution in [1.82, 2.24) is 4.98 Å². The van der Waals surface area contributed by atoms with Gasteiger partial charge in [0.15, 0.2) is 0 Å². The maximum absolute atomic E-state index is 12.1. The van der Waals surface area contributed by atoms with Crippen LogP contribution in [0.5, 0.6) is 0 Å². The molecule has 2 aromatic rings. The summed E-state index contributed by atoms with van der Waals surface area (Å²) in [5.41, 5.74) is 1.32. The van der Waals surface area contributed by atoms with Crippen LogP contribution < -0.4 is 5.32 Å². The first-order chi connectivity index (χ1) is 8.97. The van der Waals surface area contributed by atoms with Crippen molar-refractivity contribution in [3.8, 4) is 0 Å². The van der Waals surface area contributed by atoms with Gasteiger partial charge in [-0.2, -0.15) is 0 Å². The minimum absolute atomic E-state index is 0.238. The second-order valence-electron chi connectivity index (χ2n) is 3.84. The molecule has 0 bridgehead atoms. The first kappa shape index (κ1) is 14.5. The predicted molar refractivity (Wildman–Crippen MR) is 83.8 cm³/mol. The Labute approximate surface area is 132 Å². The summed E-state index contributed by atoms with van der Waals surface area (Å²) in [5, 5.41) is 3.31. The predicted octanol–water partition coefficient (Wildman–Crippen LogP) is 4.82. The Balaban J connectivity index is 2.23. The van der Waals surface area contributed by atoms with Crippen LogP contribution in [0.3, 0.4) is 0 Å². The molecule has 0 fully saturated rings. The Morgan fingerprint density at radius 2 is 1.95 bits per heavy atom. The van der Waals surface area contributed by atoms with E-state index in [9.17, 15) is 4.79 Å². The molecule has 0 saturated carbocycles. The number of carbonyl (C=O) groups is 1. The standard InChI is InChI=1S/C13H9Br2ClN2O/c1-7-10(14)4-5-12(17-7)18-13(19)9-3-2-8(16)6-11(9)15/h2-6H,1H3,(H,17,18,19). The lowest BCUT2D eigenvalue weighted by Crippen LogP contribution is -2.13. The first-order valence-corrected chi connectivity index (χ1v) is 7.33. The molecule has 1 heterocycles. The lowest BCUT2D eigenvalue weighted by Gasteiger charge is -2.07. The molecule has 0 aliphatic heterocycles. The molecule has 3 nitrogen and oxygen atoms in total. The first-order valence-electron chi connectivity index (χ1n) is 5.37. The lowest BCUT2D eigenvalue weighted by atomic mass is 10.2. The van der Waals surface area contributed by atoms with Crippen LogP contribution in [-0.2, 0) is 0 Å². The van der Waals surface area contributed by atoms with Gasteiger partial charge in [0.25, 0.3) is 5.91 Å². The zero-order chi connectivity index (χ0) is 14.0. The topological polar surface area (TPSA) is 42.0 Å². The largest absolute Gasteiger partial charge is 0.307 e. The second kappa shape index (κ2) is 6.03. The van der Waals surface area contributed by atoms with Crippen molar-refractivity contribution in [2.45, 2.75) is 6.92 Å². The van der Waals surface area contributed by atoms with Gasteiger partial charge in [0.05, 0.1) is 11.3 Å². The number of halogens is 3. The number of aromatic nitrogens is 1. The number of anilines is 1. The molecule has 1 amide bonds. The molecule has 6 heteroatoms. The van der Waals surface area contributed by atoms with Gasteiger partial charge in [-0.25, -0.2) is 4.98 Å². The van der Waals surface area contributed by atoms with Gasteiger partial charge < -0.3 is 5.32 Å². The second-order valence-corrected chi connectivity index (χ2v) is 5.99. The van der Waals surface area contributed by atoms with Gasteiger partial charge in [-0.05, 0) is 69.1 Å². The van der Waals surface area contributed by atoms with E-state index in [2.05, 4.69) is 42.2 Å². The Hall–Kier alpha value is -0.910. The number of pyridine rings is 1. The molecular weight excluding hydrogens is 395 g/mol. The normalized spacial score (nSPS) is 10.3. The van der Waals surface area contributed by atoms with E-state index in [-0.39, 0.29) is 5.91 Å². The number of nitrogens with zero attached hydrogens (tertiary/aromatic N) is 1. The van der Waals surface area contributed by atoms with E-state index in [1.807, 2.05) is 13.0 Å². The Kier molecular flexibility index (Phi) is 4.60. The molecule has 1 aromatic carbocycles. The summed E-state index contributed by atoms with van der Waals surface area (Å²) in [5.74, 6) is 0.269. The van der Waals surface area contributed by atoms with Crippen LogP contribution in [0.4, 0.5) is 5.82 Å². The van der Waals surface area contributed by atoms with Crippen molar-refractivity contribution >= 4 is 55.2 Å². The van der Waals surface area contributed by atoms with E-state index >= 15 is 0 Å². The molecule has 0 atom stereocenters. The zero-order valence-electron chi connectivity index (χ0n) is 9.88. The molecule has 1 aromatic heterocycles. The van der Waals surface area contributed by atoms with Crippen molar-refractivity contribution in [2.75, 3.05) is 5.32 Å². The van der Waals surface area contributed by atoms with Crippen LogP contribution in [0.25, 0.3) is 0 Å². The summed E-state index contributed by atoms with van der Waals surface area (Å²) in [4.78, 5) is 16.4. The van der Waals surface area contributed by atoms with E-state index in [1.165, 1.54) is 0 Å². The van der Waals surface area contributed by atoms with Gasteiger partial charge >= 0.3 is 0 Å². The van der Waals surface area contributed by atoms with Crippen LogP contribution >= 0.6 is 43.5 Å². The third-order valence-corrected chi connectivity index (χ3v) is 4.17. The maximum atomic E-state index is 12.1. The van der Waals surface area contributed by atoms with Crippen LogP contribution in [0.15, 0.2) is 39.3 Å². The molecule has 0 aliphatic rings. The van der Waals surface area contributed by atoms with Gasteiger partial charge in [-0.1, -0.05) is 11.6 Å². The smallest absolute Gasteiger partial charge is 0.257 e. The van der Waals surface area contributed by atoms with Gasteiger partial charge in [0.2, 0.25) is 0 Å². The fourth-order valence-corrected chi connectivity index (χ4v) is 2.55. The van der Waals surface area contributed by atoms with Crippen molar-refractivity contribution in [3.63, 3.8) is 0 Å². The number of hydrogen-bond acceptors (Lipinski definition) is 2. The quantitative estimate of drug-likeness (QED) is 0.780. The molecular formula is C13H9Br2ClN2O. The SMILES string of the molecule is Cc1nc(NC(=O)c2ccc(Cl)cc2Br)ccc1Br. The van der Waals surface area contributed by atoms with Crippen molar-refractivity contribution in [2.24, 2.45) is 0 Å². The minimum atomic E-state index is -0.238. The summed E-state index contributed by atoms with van der Waals surface area (Å²) in [7, 11) is 0. The fourth-order valence-electron chi connectivity index (χ4n) is 1.47. The summed E-state index contributed by atoms with van der Waals surface area (Å²) in [6.45, 7) is 1.86. The fraction of sp³-hybridized carbons (Fsp3) is 0.0769. The van der Waals surface area contributed by atoms with Crippen LogP contribution in [0, 0.1) is 6.92 Å². The third-order valence-electron chi connectivity index (χ3n) is 2.44. The minimum Gasteiger partial charge on any atom is -0.307 e. The van der Waals surface area contributed by atoms with Crippen molar-refractivity contribution in [1.29, 1.82) is 0 Å². The summed E-state index contributed by atoms with van der Waals surface area (Å²) < 4.78 is 1.55. The molecule has 0 unspecified atom stereocenters. The Morgan fingerprint density at radius 3 is 2.58 bits per heavy atom. The molecule has 0 radical (unpaired) electrons. The highest BCUT2D eigenvalue weighted by atomic mass is 79.9. The third kappa shape index (κ3) is 3.55. The number of amides is 1. The number of rotatable bonds is 2. The number of nitrogens with one attached hydrogen (secondary N) is 1. The molecule has 0 saturated heterocycles. The van der Waals surface area contributed by atoms with E-state index in [0.717, 1.165) is 10.2 Å². The van der Waals surface area contributed by atoms with Crippen LogP contribution in [0.2, 0.25) is 5.02 Å². The zero-order valence-corrected chi connectivity index (χ0v) is 13.8. The summed E-state index contributed by atoms with van der Waals surface area (Å²) in [6, 6.07) is 8.58. The average Bonchev–Trinajstić information content (AvgIpc) is 2.33. The lowest BCUT2D eigenvalue weighted by molar-refractivity contribution is 0.102. The van der Waals surface area contributed by atoms with E-state index in [0.29, 0.717) is 20.9 Å². The van der Waals surface area contributed by atoms with Gasteiger partial charge in [0, 0.05) is 14.0 Å². The highest BCUT2D eigenvalue weighted by molar-refractivity contribution is 9.10. The van der Waals surface area contributed by atoms with Gasteiger partial charge in [-0.3, -0.25) is 4.79 Å². The van der Waals surface area contributed by atoms with Crippen LogP contribution in [-0.4, -0.2) is 10.9 Å². The van der Waals surface area contributed by atoms with Crippen molar-refractivity contribution < 1.29 is 4.79 Å². The Morgan fingerprint density at radius 1 is 1.21 bits per heavy atom. The average molecular weight is 404 g/mol. The summed E-state index contributed by atoms with van der Waals surface area (Å²) in [6.07, 6.45) is 0. The van der Waals surface area contributed by atoms with E-state index < -0.39 is 0 Å². The molecule has 0 aliphatic carbocycles. The molecule has 2 rings (SSSR count). The molecule has 0 spiro atoms. The monoisotopic (exact) mass is 402 g/mol. The van der Waals surface area contributed by atoms with Gasteiger partial charge in [-0.15, -0.1) is 0 Å². The Bertz CT molecular complexity index is 647. The summed E-state index contributed by atoms with van der Waals surface area (Å²) >= 11 is 12.5.